The van der Waals surface area contributed by atoms with E-state index in [4.69, 9.17) is 0 Å². The van der Waals surface area contributed by atoms with E-state index in [1.54, 1.807) is 6.08 Å². The van der Waals surface area contributed by atoms with E-state index in [0.29, 0.717) is 18.5 Å². The number of amides is 1. The first kappa shape index (κ1) is 14.8. The first-order chi connectivity index (χ1) is 10.6. The van der Waals surface area contributed by atoms with Crippen LogP contribution >= 0.6 is 0 Å². The molecule has 1 amide bonds. The second-order valence-corrected chi connectivity index (χ2v) is 5.97. The molecule has 2 aliphatic rings. The number of hydrogen-bond donors (Lipinski definition) is 3. The summed E-state index contributed by atoms with van der Waals surface area (Å²) >= 11 is 0. The predicted molar refractivity (Wildman–Crippen MR) is 83.5 cm³/mol. The van der Waals surface area contributed by atoms with Gasteiger partial charge in [-0.05, 0) is 55.5 Å². The van der Waals surface area contributed by atoms with Crippen LogP contribution in [0.3, 0.4) is 0 Å². The van der Waals surface area contributed by atoms with Crippen LogP contribution in [0.5, 0.6) is 0 Å². The lowest BCUT2D eigenvalue weighted by Gasteiger charge is -2.29. The number of carboxylic acids is 1. The molecule has 116 valence electrons. The molecule has 1 aliphatic carbocycles. The fraction of sp³-hybridized carbons (Fsp3) is 0.412. The number of anilines is 1. The summed E-state index contributed by atoms with van der Waals surface area (Å²) in [6.07, 6.45) is 5.91. The Morgan fingerprint density at radius 1 is 1.23 bits per heavy atom. The van der Waals surface area contributed by atoms with Gasteiger partial charge in [0.1, 0.15) is 5.41 Å². The van der Waals surface area contributed by atoms with E-state index in [1.807, 2.05) is 24.3 Å². The van der Waals surface area contributed by atoms with E-state index in [1.165, 1.54) is 5.56 Å². The Balaban J connectivity index is 1.81. The number of aliphatic carboxylic acids is 1. The van der Waals surface area contributed by atoms with Crippen molar-refractivity contribution in [2.45, 2.75) is 32.2 Å². The minimum absolute atomic E-state index is 0.251. The van der Waals surface area contributed by atoms with Gasteiger partial charge in [0.2, 0.25) is 5.91 Å². The summed E-state index contributed by atoms with van der Waals surface area (Å²) in [4.78, 5) is 24.2. The van der Waals surface area contributed by atoms with Gasteiger partial charge in [0.25, 0.3) is 0 Å². The van der Waals surface area contributed by atoms with E-state index in [0.717, 1.165) is 25.1 Å². The van der Waals surface area contributed by atoms with Crippen LogP contribution in [0.25, 0.3) is 0 Å². The highest BCUT2D eigenvalue weighted by Gasteiger charge is 2.45. The minimum Gasteiger partial charge on any atom is -0.480 e. The van der Waals surface area contributed by atoms with E-state index in [-0.39, 0.29) is 6.42 Å². The van der Waals surface area contributed by atoms with Gasteiger partial charge in [0.15, 0.2) is 0 Å². The maximum Gasteiger partial charge on any atom is 0.319 e. The molecule has 0 bridgehead atoms. The van der Waals surface area contributed by atoms with E-state index >= 15 is 0 Å². The van der Waals surface area contributed by atoms with Gasteiger partial charge >= 0.3 is 5.97 Å². The number of carbonyl (C=O) groups is 2. The third-order valence-corrected chi connectivity index (χ3v) is 4.57. The quantitative estimate of drug-likeness (QED) is 0.590. The minimum atomic E-state index is -1.34. The topological polar surface area (TPSA) is 78.4 Å². The molecule has 1 heterocycles. The zero-order valence-electron chi connectivity index (χ0n) is 12.4. The van der Waals surface area contributed by atoms with Crippen molar-refractivity contribution in [1.82, 2.24) is 5.32 Å². The van der Waals surface area contributed by atoms with Gasteiger partial charge in [-0.2, -0.15) is 0 Å². The lowest BCUT2D eigenvalue weighted by Crippen LogP contribution is -2.43. The van der Waals surface area contributed by atoms with Crippen molar-refractivity contribution in [1.29, 1.82) is 0 Å². The first-order valence-electron chi connectivity index (χ1n) is 7.64. The second kappa shape index (κ2) is 5.93. The molecule has 1 aliphatic heterocycles. The van der Waals surface area contributed by atoms with Crippen molar-refractivity contribution in [2.75, 3.05) is 11.9 Å². The fourth-order valence-corrected chi connectivity index (χ4v) is 3.14. The van der Waals surface area contributed by atoms with Crippen molar-refractivity contribution >= 4 is 17.6 Å². The standard InChI is InChI=1S/C17H20N2O3/c20-15(17(16(21)22)7-2-1-3-8-17)19-14-5-4-12-6-9-18-11-13(12)10-14/h1-2,4-5,10,18H,3,6-9,11H2,(H,19,20)(H,21,22). The Morgan fingerprint density at radius 2 is 2.09 bits per heavy atom. The summed E-state index contributed by atoms with van der Waals surface area (Å²) in [5.41, 5.74) is 1.77. The third-order valence-electron chi connectivity index (χ3n) is 4.57. The maximum atomic E-state index is 12.6. The van der Waals surface area contributed by atoms with Gasteiger partial charge in [-0.1, -0.05) is 18.2 Å². The maximum absolute atomic E-state index is 12.6. The molecule has 5 nitrogen and oxygen atoms in total. The summed E-state index contributed by atoms with van der Waals surface area (Å²) in [6.45, 7) is 1.75. The molecule has 0 fully saturated rings. The van der Waals surface area contributed by atoms with Crippen LogP contribution in [0.15, 0.2) is 30.4 Å². The Kier molecular flexibility index (Phi) is 3.98. The third kappa shape index (κ3) is 2.64. The predicted octanol–water partition coefficient (Wildman–Crippen LogP) is 2.08. The van der Waals surface area contributed by atoms with Gasteiger partial charge in [0, 0.05) is 12.2 Å². The van der Waals surface area contributed by atoms with Crippen molar-refractivity contribution in [2.24, 2.45) is 5.41 Å². The SMILES string of the molecule is O=C(O)C1(C(=O)Nc2ccc3c(c2)CNCC3)CC=CCC1. The van der Waals surface area contributed by atoms with Crippen LogP contribution in [-0.4, -0.2) is 23.5 Å². The number of fused-ring (bicyclic) bond motifs is 1. The Labute approximate surface area is 129 Å². The van der Waals surface area contributed by atoms with Crippen molar-refractivity contribution in [3.8, 4) is 0 Å². The molecule has 22 heavy (non-hydrogen) atoms. The monoisotopic (exact) mass is 300 g/mol. The smallest absolute Gasteiger partial charge is 0.319 e. The molecule has 0 aromatic heterocycles. The largest absolute Gasteiger partial charge is 0.480 e. The molecule has 0 saturated heterocycles. The number of nitrogens with one attached hydrogen (secondary N) is 2. The summed E-state index contributed by atoms with van der Waals surface area (Å²) in [7, 11) is 0. The number of hydrogen-bond acceptors (Lipinski definition) is 3. The summed E-state index contributed by atoms with van der Waals surface area (Å²) in [5, 5.41) is 15.6. The van der Waals surface area contributed by atoms with Crippen LogP contribution < -0.4 is 10.6 Å². The molecule has 1 atom stereocenters. The average Bonchev–Trinajstić information content (AvgIpc) is 2.55. The normalized spacial score (nSPS) is 23.6. The van der Waals surface area contributed by atoms with Gasteiger partial charge in [0.05, 0.1) is 0 Å². The Hall–Kier alpha value is -2.14. The number of carbonyl (C=O) groups excluding carboxylic acids is 1. The van der Waals surface area contributed by atoms with Crippen molar-refractivity contribution in [3.05, 3.63) is 41.5 Å². The second-order valence-electron chi connectivity index (χ2n) is 5.97. The lowest BCUT2D eigenvalue weighted by atomic mass is 9.76. The lowest BCUT2D eigenvalue weighted by molar-refractivity contribution is -0.154. The zero-order chi connectivity index (χ0) is 15.6. The van der Waals surface area contributed by atoms with E-state index in [2.05, 4.69) is 10.6 Å². The van der Waals surface area contributed by atoms with Gasteiger partial charge in [-0.3, -0.25) is 9.59 Å². The average molecular weight is 300 g/mol. The van der Waals surface area contributed by atoms with E-state index < -0.39 is 17.3 Å². The van der Waals surface area contributed by atoms with Crippen LogP contribution in [0, 0.1) is 5.41 Å². The summed E-state index contributed by atoms with van der Waals surface area (Å²) < 4.78 is 0. The molecular weight excluding hydrogens is 280 g/mol. The molecule has 0 spiro atoms. The highest BCUT2D eigenvalue weighted by atomic mass is 16.4. The highest BCUT2D eigenvalue weighted by molar-refractivity contribution is 6.08. The van der Waals surface area contributed by atoms with Gasteiger partial charge < -0.3 is 15.7 Å². The molecular formula is C17H20N2O3. The molecule has 3 rings (SSSR count). The van der Waals surface area contributed by atoms with Crippen LogP contribution in [0.1, 0.15) is 30.4 Å². The van der Waals surface area contributed by atoms with Crippen LogP contribution in [0.2, 0.25) is 0 Å². The number of rotatable bonds is 3. The number of allylic oxidation sites excluding steroid dienone is 2. The van der Waals surface area contributed by atoms with Gasteiger partial charge in [-0.15, -0.1) is 0 Å². The Bertz CT molecular complexity index is 639. The molecule has 1 aromatic rings. The van der Waals surface area contributed by atoms with Crippen molar-refractivity contribution in [3.63, 3.8) is 0 Å². The highest BCUT2D eigenvalue weighted by Crippen LogP contribution is 2.34. The van der Waals surface area contributed by atoms with E-state index in [9.17, 15) is 14.7 Å². The number of carboxylic acid groups (broad SMARTS) is 1. The molecule has 1 aromatic carbocycles. The van der Waals surface area contributed by atoms with Crippen molar-refractivity contribution < 1.29 is 14.7 Å². The van der Waals surface area contributed by atoms with Crippen LogP contribution in [0.4, 0.5) is 5.69 Å². The molecule has 0 radical (unpaired) electrons. The number of benzene rings is 1. The first-order valence-corrected chi connectivity index (χ1v) is 7.64. The molecule has 5 heteroatoms. The molecule has 3 N–H and O–H groups in total. The fourth-order valence-electron chi connectivity index (χ4n) is 3.14. The van der Waals surface area contributed by atoms with Gasteiger partial charge in [-0.25, -0.2) is 0 Å². The Morgan fingerprint density at radius 3 is 2.82 bits per heavy atom. The molecule has 1 unspecified atom stereocenters. The summed E-state index contributed by atoms with van der Waals surface area (Å²) in [6, 6.07) is 5.81. The summed E-state index contributed by atoms with van der Waals surface area (Å²) in [5.74, 6) is -1.47. The molecule has 0 saturated carbocycles. The van der Waals surface area contributed by atoms with Crippen LogP contribution in [-0.2, 0) is 22.6 Å². The zero-order valence-corrected chi connectivity index (χ0v) is 12.4.